The highest BCUT2D eigenvalue weighted by Gasteiger charge is 2.32. The molecular weight excluding hydrogens is 454 g/mol. The number of anilines is 2. The van der Waals surface area contributed by atoms with Crippen molar-refractivity contribution in [2.75, 3.05) is 42.6 Å². The molecule has 1 amide bonds. The smallest absolute Gasteiger partial charge is 0.318 e. The number of rotatable bonds is 6. The minimum atomic E-state index is -0.0334. The molecule has 1 fully saturated rings. The van der Waals surface area contributed by atoms with Crippen molar-refractivity contribution in [2.24, 2.45) is 0 Å². The van der Waals surface area contributed by atoms with Crippen LogP contribution in [0, 0.1) is 0 Å². The quantitative estimate of drug-likeness (QED) is 0.528. The number of hydrogen-bond acceptors (Lipinski definition) is 7. The average Bonchev–Trinajstić information content (AvgIpc) is 2.90. The standard InChI is InChI=1S/C28H33N5O3/c1-4-14-36-28-29-24-18-33(25-17-21(34)16-20-8-6-7-9-22(20)25)19(3)15-23(24)27(30-28)32-12-10-31(11-13-32)26(35)5-2/h5-9,16-17,19,34H,2,4,10-15,18H2,1,3H3. The molecule has 36 heavy (non-hydrogen) atoms. The van der Waals surface area contributed by atoms with E-state index in [2.05, 4.69) is 36.3 Å². The minimum Gasteiger partial charge on any atom is -0.508 e. The molecule has 1 N–H and O–H groups in total. The summed E-state index contributed by atoms with van der Waals surface area (Å²) in [5, 5.41) is 12.6. The van der Waals surface area contributed by atoms with E-state index in [1.54, 1.807) is 6.07 Å². The highest BCUT2D eigenvalue weighted by Crippen LogP contribution is 2.38. The molecule has 0 bridgehead atoms. The predicted octanol–water partition coefficient (Wildman–Crippen LogP) is 3.91. The lowest BCUT2D eigenvalue weighted by Crippen LogP contribution is -2.49. The first-order chi connectivity index (χ1) is 17.5. The van der Waals surface area contributed by atoms with Gasteiger partial charge in [0.15, 0.2) is 0 Å². The predicted molar refractivity (Wildman–Crippen MR) is 142 cm³/mol. The van der Waals surface area contributed by atoms with Gasteiger partial charge in [-0.15, -0.1) is 0 Å². The number of piperazine rings is 1. The van der Waals surface area contributed by atoms with Gasteiger partial charge in [-0.3, -0.25) is 4.79 Å². The molecule has 3 aromatic rings. The van der Waals surface area contributed by atoms with Gasteiger partial charge in [-0.25, -0.2) is 0 Å². The molecule has 188 valence electrons. The lowest BCUT2D eigenvalue weighted by molar-refractivity contribution is -0.126. The van der Waals surface area contributed by atoms with Crippen molar-refractivity contribution < 1.29 is 14.6 Å². The number of nitrogens with zero attached hydrogens (tertiary/aromatic N) is 5. The van der Waals surface area contributed by atoms with E-state index in [0.29, 0.717) is 45.3 Å². The highest BCUT2D eigenvalue weighted by molar-refractivity contribution is 5.96. The SMILES string of the molecule is C=CC(=O)N1CCN(c2nc(OCCC)nc3c2CC(C)N(c2cc(O)cc4ccccc24)C3)CC1. The van der Waals surface area contributed by atoms with E-state index in [1.807, 2.05) is 29.2 Å². The molecular formula is C28H33N5O3. The second kappa shape index (κ2) is 10.0. The van der Waals surface area contributed by atoms with E-state index in [-0.39, 0.29) is 17.7 Å². The van der Waals surface area contributed by atoms with Crippen LogP contribution in [0.5, 0.6) is 11.8 Å². The fraction of sp³-hybridized carbons (Fsp3) is 0.393. The first kappa shape index (κ1) is 23.9. The topological polar surface area (TPSA) is 82.0 Å². The van der Waals surface area contributed by atoms with Gasteiger partial charge < -0.3 is 24.5 Å². The van der Waals surface area contributed by atoms with E-state index in [4.69, 9.17) is 14.7 Å². The zero-order valence-corrected chi connectivity index (χ0v) is 21.0. The summed E-state index contributed by atoms with van der Waals surface area (Å²) in [6.45, 7) is 11.7. The molecule has 5 rings (SSSR count). The number of phenols is 1. The molecule has 3 heterocycles. The summed E-state index contributed by atoms with van der Waals surface area (Å²) in [5.74, 6) is 1.13. The van der Waals surface area contributed by atoms with Gasteiger partial charge in [0.2, 0.25) is 5.91 Å². The van der Waals surface area contributed by atoms with Gasteiger partial charge in [0.25, 0.3) is 0 Å². The summed E-state index contributed by atoms with van der Waals surface area (Å²) in [4.78, 5) is 28.1. The molecule has 8 nitrogen and oxygen atoms in total. The number of amides is 1. The van der Waals surface area contributed by atoms with Crippen molar-refractivity contribution in [3.63, 3.8) is 0 Å². The van der Waals surface area contributed by atoms with Crippen molar-refractivity contribution in [3.05, 3.63) is 60.3 Å². The molecule has 0 radical (unpaired) electrons. The Morgan fingerprint density at radius 3 is 2.72 bits per heavy atom. The molecule has 1 atom stereocenters. The number of carbonyl (C=O) groups is 1. The summed E-state index contributed by atoms with van der Waals surface area (Å²) in [5.41, 5.74) is 3.08. The van der Waals surface area contributed by atoms with E-state index < -0.39 is 0 Å². The Morgan fingerprint density at radius 2 is 1.97 bits per heavy atom. The number of ether oxygens (including phenoxy) is 1. The number of fused-ring (bicyclic) bond motifs is 2. The second-order valence-corrected chi connectivity index (χ2v) is 9.49. The van der Waals surface area contributed by atoms with Crippen LogP contribution < -0.4 is 14.5 Å². The molecule has 2 aliphatic heterocycles. The third-order valence-electron chi connectivity index (χ3n) is 7.04. The Morgan fingerprint density at radius 1 is 1.19 bits per heavy atom. The fourth-order valence-corrected chi connectivity index (χ4v) is 5.18. The van der Waals surface area contributed by atoms with Gasteiger partial charge in [-0.2, -0.15) is 9.97 Å². The van der Waals surface area contributed by atoms with Crippen LogP contribution in [0.25, 0.3) is 10.8 Å². The monoisotopic (exact) mass is 487 g/mol. The highest BCUT2D eigenvalue weighted by atomic mass is 16.5. The Kier molecular flexibility index (Phi) is 6.67. The normalized spacial score (nSPS) is 17.7. The molecule has 1 aromatic heterocycles. The van der Waals surface area contributed by atoms with E-state index in [9.17, 15) is 9.90 Å². The van der Waals surface area contributed by atoms with E-state index >= 15 is 0 Å². The van der Waals surface area contributed by atoms with E-state index in [1.165, 1.54) is 6.08 Å². The molecule has 1 saturated heterocycles. The van der Waals surface area contributed by atoms with Gasteiger partial charge in [-0.1, -0.05) is 37.8 Å². The Hall–Kier alpha value is -3.81. The van der Waals surface area contributed by atoms with E-state index in [0.717, 1.165) is 46.4 Å². The Balaban J connectivity index is 1.51. The van der Waals surface area contributed by atoms with Crippen molar-refractivity contribution in [1.29, 1.82) is 0 Å². The van der Waals surface area contributed by atoms with Gasteiger partial charge in [0.1, 0.15) is 11.6 Å². The summed E-state index contributed by atoms with van der Waals surface area (Å²) in [6, 6.07) is 12.3. The largest absolute Gasteiger partial charge is 0.508 e. The third-order valence-corrected chi connectivity index (χ3v) is 7.04. The first-order valence-electron chi connectivity index (χ1n) is 12.7. The number of hydrogen-bond donors (Lipinski definition) is 1. The van der Waals surface area contributed by atoms with Gasteiger partial charge in [0, 0.05) is 54.9 Å². The van der Waals surface area contributed by atoms with Crippen LogP contribution in [0.2, 0.25) is 0 Å². The molecule has 2 aromatic carbocycles. The molecule has 8 heteroatoms. The van der Waals surface area contributed by atoms with Crippen LogP contribution in [0.1, 0.15) is 31.5 Å². The number of aromatic hydroxyl groups is 1. The minimum absolute atomic E-state index is 0.0334. The zero-order valence-electron chi connectivity index (χ0n) is 21.0. The number of phenolic OH excluding ortho intramolecular Hbond substituents is 1. The molecule has 0 saturated carbocycles. The number of benzene rings is 2. The van der Waals surface area contributed by atoms with Crippen LogP contribution in [-0.4, -0.2) is 64.7 Å². The average molecular weight is 488 g/mol. The molecule has 1 unspecified atom stereocenters. The van der Waals surface area contributed by atoms with Crippen molar-refractivity contribution in [2.45, 2.75) is 39.3 Å². The van der Waals surface area contributed by atoms with Crippen LogP contribution in [-0.2, 0) is 17.8 Å². The summed E-state index contributed by atoms with van der Waals surface area (Å²) in [6.07, 6.45) is 3.02. The van der Waals surface area contributed by atoms with Gasteiger partial charge in [-0.05, 0) is 37.3 Å². The third kappa shape index (κ3) is 4.55. The Bertz CT molecular complexity index is 1290. The molecule has 2 aliphatic rings. The zero-order chi connectivity index (χ0) is 25.2. The fourth-order valence-electron chi connectivity index (χ4n) is 5.18. The van der Waals surface area contributed by atoms with Crippen LogP contribution in [0.4, 0.5) is 11.5 Å². The Labute approximate surface area is 211 Å². The maximum atomic E-state index is 12.1. The van der Waals surface area contributed by atoms with Crippen molar-refractivity contribution in [1.82, 2.24) is 14.9 Å². The first-order valence-corrected chi connectivity index (χ1v) is 12.7. The summed E-state index contributed by atoms with van der Waals surface area (Å²) in [7, 11) is 0. The number of carbonyl (C=O) groups excluding carboxylic acids is 1. The molecule has 0 aliphatic carbocycles. The maximum Gasteiger partial charge on any atom is 0.318 e. The van der Waals surface area contributed by atoms with Crippen molar-refractivity contribution >= 4 is 28.2 Å². The lowest BCUT2D eigenvalue weighted by atomic mass is 9.96. The van der Waals surface area contributed by atoms with Crippen LogP contribution in [0.3, 0.4) is 0 Å². The van der Waals surface area contributed by atoms with Gasteiger partial charge >= 0.3 is 6.01 Å². The lowest BCUT2D eigenvalue weighted by Gasteiger charge is -2.40. The summed E-state index contributed by atoms with van der Waals surface area (Å²) >= 11 is 0. The maximum absolute atomic E-state index is 12.1. The van der Waals surface area contributed by atoms with Crippen molar-refractivity contribution in [3.8, 4) is 11.8 Å². The van der Waals surface area contributed by atoms with Crippen LogP contribution in [0.15, 0.2) is 49.1 Å². The van der Waals surface area contributed by atoms with Gasteiger partial charge in [0.05, 0.1) is 18.8 Å². The summed E-state index contributed by atoms with van der Waals surface area (Å²) < 4.78 is 5.90. The van der Waals surface area contributed by atoms with Crippen LogP contribution >= 0.6 is 0 Å². The molecule has 0 spiro atoms. The number of aromatic nitrogens is 2. The second-order valence-electron chi connectivity index (χ2n) is 9.49.